The number of hydrogen-bond acceptors (Lipinski definition) is 6. The van der Waals surface area contributed by atoms with Crippen LogP contribution in [0.15, 0.2) is 66.6 Å². The highest BCUT2D eigenvalue weighted by Crippen LogP contribution is 2.36. The molecule has 9 heteroatoms. The summed E-state index contributed by atoms with van der Waals surface area (Å²) in [6.07, 6.45) is 8.43. The van der Waals surface area contributed by atoms with Crippen molar-refractivity contribution in [2.75, 3.05) is 5.32 Å². The molecule has 3 N–H and O–H groups in total. The summed E-state index contributed by atoms with van der Waals surface area (Å²) in [6, 6.07) is 4.95. The number of allylic oxidation sites excluding steroid dienone is 4. The molecule has 0 atom stereocenters. The van der Waals surface area contributed by atoms with Gasteiger partial charge in [-0.15, -0.1) is 0 Å². The summed E-state index contributed by atoms with van der Waals surface area (Å²) in [5, 5.41) is 7.13. The molecular formula is C17H14F2N6O. The number of rotatable bonds is 4. The average Bonchev–Trinajstić information content (AvgIpc) is 3.06. The van der Waals surface area contributed by atoms with E-state index in [-0.39, 0.29) is 11.4 Å². The first-order valence-corrected chi connectivity index (χ1v) is 7.75. The predicted molar refractivity (Wildman–Crippen MR) is 91.1 cm³/mol. The first-order chi connectivity index (χ1) is 12.5. The van der Waals surface area contributed by atoms with Gasteiger partial charge in [0.25, 0.3) is 0 Å². The van der Waals surface area contributed by atoms with E-state index >= 15 is 0 Å². The molecular weight excluding hydrogens is 342 g/mol. The van der Waals surface area contributed by atoms with Crippen LogP contribution in [0.2, 0.25) is 0 Å². The van der Waals surface area contributed by atoms with Crippen molar-refractivity contribution in [2.24, 2.45) is 5.73 Å². The summed E-state index contributed by atoms with van der Waals surface area (Å²) in [4.78, 5) is 8.15. The number of nitrogens with zero attached hydrogens (tertiary/aromatic N) is 4. The zero-order chi connectivity index (χ0) is 18.1. The van der Waals surface area contributed by atoms with E-state index in [9.17, 15) is 8.78 Å². The summed E-state index contributed by atoms with van der Waals surface area (Å²) in [6.45, 7) is 0. The maximum atomic E-state index is 14.2. The highest BCUT2D eigenvalue weighted by atomic mass is 19.3. The third-order valence-electron chi connectivity index (χ3n) is 3.75. The van der Waals surface area contributed by atoms with Crippen LogP contribution in [0.25, 0.3) is 5.52 Å². The molecule has 1 aliphatic carbocycles. The second kappa shape index (κ2) is 6.10. The van der Waals surface area contributed by atoms with Gasteiger partial charge in [0.2, 0.25) is 5.95 Å². The molecule has 3 aromatic rings. The van der Waals surface area contributed by atoms with Crippen molar-refractivity contribution in [3.05, 3.63) is 66.6 Å². The van der Waals surface area contributed by atoms with Crippen LogP contribution in [-0.2, 0) is 0 Å². The Kier molecular flexibility index (Phi) is 3.76. The van der Waals surface area contributed by atoms with Crippen molar-refractivity contribution in [3.8, 4) is 5.75 Å². The first kappa shape index (κ1) is 16.0. The molecule has 0 radical (unpaired) electrons. The second-order valence-corrected chi connectivity index (χ2v) is 5.71. The molecule has 26 heavy (non-hydrogen) atoms. The minimum Gasteiger partial charge on any atom is -0.453 e. The third-order valence-corrected chi connectivity index (χ3v) is 3.75. The van der Waals surface area contributed by atoms with Crippen molar-refractivity contribution < 1.29 is 13.5 Å². The molecule has 1 aliphatic rings. The fraction of sp³-hybridized carbons (Fsp3) is 0.118. The molecule has 0 spiro atoms. The van der Waals surface area contributed by atoms with Gasteiger partial charge in [-0.2, -0.15) is 13.9 Å². The third kappa shape index (κ3) is 3.06. The number of fused-ring (bicyclic) bond motifs is 1. The van der Waals surface area contributed by atoms with E-state index in [2.05, 4.69) is 20.4 Å². The van der Waals surface area contributed by atoms with E-state index in [0.717, 1.165) is 0 Å². The van der Waals surface area contributed by atoms with Crippen molar-refractivity contribution >= 4 is 17.2 Å². The molecule has 0 saturated carbocycles. The molecule has 7 nitrogen and oxygen atoms in total. The van der Waals surface area contributed by atoms with Crippen molar-refractivity contribution in [2.45, 2.75) is 12.3 Å². The number of nitrogens with two attached hydrogens (primary N) is 1. The van der Waals surface area contributed by atoms with Crippen LogP contribution < -0.4 is 15.8 Å². The van der Waals surface area contributed by atoms with Crippen LogP contribution in [0.5, 0.6) is 5.75 Å². The Morgan fingerprint density at radius 2 is 2.00 bits per heavy atom. The SMILES string of the molecule is NC1=CC=C(Oc2cc(Nc3ncccn3)cn3nccc23)C(F)(F)C1. The van der Waals surface area contributed by atoms with E-state index in [0.29, 0.717) is 17.2 Å². The summed E-state index contributed by atoms with van der Waals surface area (Å²) < 4.78 is 35.5. The van der Waals surface area contributed by atoms with Crippen molar-refractivity contribution in [3.63, 3.8) is 0 Å². The lowest BCUT2D eigenvalue weighted by Gasteiger charge is -2.23. The standard InChI is InChI=1S/C17H14F2N6O/c18-17(19)9-11(20)2-3-15(17)26-14-8-12(10-25-13(14)4-7-23-25)24-16-21-5-1-6-22-16/h1-8,10H,9,20H2,(H,21,22,24). The highest BCUT2D eigenvalue weighted by Gasteiger charge is 2.39. The molecule has 132 valence electrons. The number of hydrogen-bond donors (Lipinski definition) is 2. The Morgan fingerprint density at radius 1 is 1.19 bits per heavy atom. The Balaban J connectivity index is 1.71. The second-order valence-electron chi connectivity index (χ2n) is 5.71. The first-order valence-electron chi connectivity index (χ1n) is 7.75. The number of halogens is 2. The van der Waals surface area contributed by atoms with Gasteiger partial charge in [-0.3, -0.25) is 0 Å². The largest absolute Gasteiger partial charge is 0.453 e. The van der Waals surface area contributed by atoms with Gasteiger partial charge in [0.05, 0.1) is 24.5 Å². The van der Waals surface area contributed by atoms with Crippen LogP contribution in [0.3, 0.4) is 0 Å². The van der Waals surface area contributed by atoms with E-state index in [1.165, 1.54) is 16.7 Å². The van der Waals surface area contributed by atoms with Gasteiger partial charge in [0.15, 0.2) is 11.5 Å². The predicted octanol–water partition coefficient (Wildman–Crippen LogP) is 3.01. The van der Waals surface area contributed by atoms with E-state index in [1.54, 1.807) is 43.0 Å². The topological polar surface area (TPSA) is 90.4 Å². The summed E-state index contributed by atoms with van der Waals surface area (Å²) in [5.41, 5.74) is 6.68. The molecule has 3 aromatic heterocycles. The van der Waals surface area contributed by atoms with Gasteiger partial charge in [0, 0.05) is 24.2 Å². The van der Waals surface area contributed by atoms with Crippen LogP contribution in [-0.4, -0.2) is 25.5 Å². The molecule has 0 saturated heterocycles. The minimum absolute atomic E-state index is 0.105. The lowest BCUT2D eigenvalue weighted by Crippen LogP contribution is -2.28. The monoisotopic (exact) mass is 356 g/mol. The molecule has 0 aromatic carbocycles. The summed E-state index contributed by atoms with van der Waals surface area (Å²) in [5.74, 6) is -3.06. The number of anilines is 2. The van der Waals surface area contributed by atoms with Gasteiger partial charge in [-0.25, -0.2) is 14.5 Å². The van der Waals surface area contributed by atoms with Crippen LogP contribution >= 0.6 is 0 Å². The highest BCUT2D eigenvalue weighted by molar-refractivity contribution is 5.67. The average molecular weight is 356 g/mol. The number of pyridine rings is 1. The fourth-order valence-corrected chi connectivity index (χ4v) is 2.57. The molecule has 0 fully saturated rings. The van der Waals surface area contributed by atoms with Gasteiger partial charge in [-0.05, 0) is 24.3 Å². The van der Waals surface area contributed by atoms with E-state index in [1.807, 2.05) is 0 Å². The van der Waals surface area contributed by atoms with Crippen LogP contribution in [0.1, 0.15) is 6.42 Å². The Bertz CT molecular complexity index is 1010. The minimum atomic E-state index is -3.18. The Hall–Kier alpha value is -3.49. The van der Waals surface area contributed by atoms with E-state index < -0.39 is 18.1 Å². The molecule has 0 unspecified atom stereocenters. The summed E-state index contributed by atoms with van der Waals surface area (Å²) in [7, 11) is 0. The van der Waals surface area contributed by atoms with Crippen molar-refractivity contribution in [1.29, 1.82) is 0 Å². The normalized spacial score (nSPS) is 16.1. The summed E-state index contributed by atoms with van der Waals surface area (Å²) >= 11 is 0. The lowest BCUT2D eigenvalue weighted by molar-refractivity contribution is 0.00420. The maximum absolute atomic E-state index is 14.2. The zero-order valence-electron chi connectivity index (χ0n) is 13.4. The van der Waals surface area contributed by atoms with Gasteiger partial charge < -0.3 is 15.8 Å². The molecule has 3 heterocycles. The molecule has 4 rings (SSSR count). The maximum Gasteiger partial charge on any atom is 0.310 e. The quantitative estimate of drug-likeness (QED) is 0.747. The van der Waals surface area contributed by atoms with Crippen molar-refractivity contribution in [1.82, 2.24) is 19.6 Å². The Morgan fingerprint density at radius 3 is 2.77 bits per heavy atom. The van der Waals surface area contributed by atoms with Crippen LogP contribution in [0.4, 0.5) is 20.4 Å². The number of aromatic nitrogens is 4. The van der Waals surface area contributed by atoms with Gasteiger partial charge in [0.1, 0.15) is 5.52 Å². The lowest BCUT2D eigenvalue weighted by atomic mass is 10.1. The van der Waals surface area contributed by atoms with E-state index in [4.69, 9.17) is 10.5 Å². The fourth-order valence-electron chi connectivity index (χ4n) is 2.57. The molecule has 0 bridgehead atoms. The smallest absolute Gasteiger partial charge is 0.310 e. The molecule has 0 amide bonds. The Labute approximate surface area is 146 Å². The number of ether oxygens (including phenoxy) is 1. The number of alkyl halides is 2. The number of nitrogens with one attached hydrogen (secondary N) is 1. The molecule has 0 aliphatic heterocycles. The van der Waals surface area contributed by atoms with Gasteiger partial charge >= 0.3 is 5.92 Å². The van der Waals surface area contributed by atoms with Gasteiger partial charge in [-0.1, -0.05) is 0 Å². The van der Waals surface area contributed by atoms with Crippen LogP contribution in [0, 0.1) is 0 Å². The zero-order valence-corrected chi connectivity index (χ0v) is 13.4.